The summed E-state index contributed by atoms with van der Waals surface area (Å²) in [5.74, 6) is 0.759. The van der Waals surface area contributed by atoms with E-state index in [0.717, 1.165) is 38.5 Å². The number of rotatable bonds is 2. The van der Waals surface area contributed by atoms with Crippen LogP contribution in [0.5, 0.6) is 0 Å². The van der Waals surface area contributed by atoms with Gasteiger partial charge in [-0.1, -0.05) is 0 Å². The van der Waals surface area contributed by atoms with Crippen LogP contribution in [0.4, 0.5) is 0 Å². The minimum absolute atomic E-state index is 0.132. The molecule has 2 saturated carbocycles. The Labute approximate surface area is 96.9 Å². The first-order valence-corrected chi connectivity index (χ1v) is 6.23. The molecule has 4 heteroatoms. The van der Waals surface area contributed by atoms with Gasteiger partial charge in [0.05, 0.1) is 12.2 Å². The lowest BCUT2D eigenvalue weighted by Gasteiger charge is -2.00. The Morgan fingerprint density at radius 1 is 0.688 bits per heavy atom. The summed E-state index contributed by atoms with van der Waals surface area (Å²) in [6, 6.07) is 0. The predicted molar refractivity (Wildman–Crippen MR) is 60.9 cm³/mol. The third-order valence-corrected chi connectivity index (χ3v) is 3.54. The van der Waals surface area contributed by atoms with Crippen molar-refractivity contribution in [2.45, 2.75) is 50.7 Å². The molecule has 2 fully saturated rings. The molecule has 2 aliphatic carbocycles. The molecule has 0 bridgehead atoms. The van der Waals surface area contributed by atoms with Gasteiger partial charge in [-0.2, -0.15) is 0 Å². The van der Waals surface area contributed by atoms with E-state index in [2.05, 4.69) is 0 Å². The van der Waals surface area contributed by atoms with Gasteiger partial charge in [0.25, 0.3) is 0 Å². The van der Waals surface area contributed by atoms with Gasteiger partial charge in [0.2, 0.25) is 0 Å². The van der Waals surface area contributed by atoms with Gasteiger partial charge in [-0.25, -0.2) is 0 Å². The highest BCUT2D eigenvalue weighted by atomic mass is 16.3. The van der Waals surface area contributed by atoms with Gasteiger partial charge in [0, 0.05) is 13.2 Å². The fourth-order valence-corrected chi connectivity index (χ4v) is 2.43. The molecule has 4 atom stereocenters. The number of aliphatic hydroxyl groups excluding tert-OH is 4. The van der Waals surface area contributed by atoms with Crippen LogP contribution < -0.4 is 0 Å². The average molecular weight is 232 g/mol. The molecule has 0 aliphatic heterocycles. The first-order valence-electron chi connectivity index (χ1n) is 6.23. The summed E-state index contributed by atoms with van der Waals surface area (Å²) < 4.78 is 0. The van der Waals surface area contributed by atoms with Crippen LogP contribution >= 0.6 is 0 Å². The summed E-state index contributed by atoms with van der Waals surface area (Å²) in [6.07, 6.45) is 5.10. The Kier molecular flexibility index (Phi) is 6.28. The van der Waals surface area contributed by atoms with Gasteiger partial charge in [-0.15, -0.1) is 0 Å². The van der Waals surface area contributed by atoms with Crippen molar-refractivity contribution < 1.29 is 20.4 Å². The molecular formula is C12H24O4. The molecule has 0 aromatic heterocycles. The maximum atomic E-state index is 8.92. The van der Waals surface area contributed by atoms with E-state index >= 15 is 0 Å². The van der Waals surface area contributed by atoms with Crippen LogP contribution in [0.3, 0.4) is 0 Å². The summed E-state index contributed by atoms with van der Waals surface area (Å²) in [6.45, 7) is 0.494. The first kappa shape index (κ1) is 13.9. The van der Waals surface area contributed by atoms with Crippen molar-refractivity contribution in [1.82, 2.24) is 0 Å². The molecule has 2 rings (SSSR count). The largest absolute Gasteiger partial charge is 0.396 e. The molecule has 0 radical (unpaired) electrons. The van der Waals surface area contributed by atoms with Crippen LogP contribution in [-0.4, -0.2) is 45.8 Å². The van der Waals surface area contributed by atoms with E-state index < -0.39 is 0 Å². The standard InChI is InChI=1S/2C6H12O2/c2*7-4-5-1-2-6(8)3-5/h2*5-8H,1-4H2/t2*5-,6+/m10/s1. The smallest absolute Gasteiger partial charge is 0.0543 e. The van der Waals surface area contributed by atoms with E-state index in [1.54, 1.807) is 0 Å². The number of aliphatic hydroxyl groups is 4. The minimum Gasteiger partial charge on any atom is -0.396 e. The van der Waals surface area contributed by atoms with E-state index in [1.165, 1.54) is 0 Å². The van der Waals surface area contributed by atoms with Crippen molar-refractivity contribution in [2.75, 3.05) is 13.2 Å². The third-order valence-electron chi connectivity index (χ3n) is 3.54. The summed E-state index contributed by atoms with van der Waals surface area (Å²) in [5.41, 5.74) is 0. The molecule has 4 nitrogen and oxygen atoms in total. The quantitative estimate of drug-likeness (QED) is 0.551. The van der Waals surface area contributed by atoms with Crippen LogP contribution in [0, 0.1) is 11.8 Å². The summed E-state index contributed by atoms with van der Waals surface area (Å²) >= 11 is 0. The van der Waals surface area contributed by atoms with E-state index in [0.29, 0.717) is 11.8 Å². The molecule has 0 spiro atoms. The van der Waals surface area contributed by atoms with Crippen LogP contribution in [-0.2, 0) is 0 Å². The molecule has 0 heterocycles. The van der Waals surface area contributed by atoms with Gasteiger partial charge in [-0.05, 0) is 50.4 Å². The first-order chi connectivity index (χ1) is 7.65. The van der Waals surface area contributed by atoms with Crippen LogP contribution in [0.25, 0.3) is 0 Å². The van der Waals surface area contributed by atoms with Crippen molar-refractivity contribution >= 4 is 0 Å². The zero-order valence-corrected chi connectivity index (χ0v) is 9.76. The Hall–Kier alpha value is -0.160. The fourth-order valence-electron chi connectivity index (χ4n) is 2.43. The van der Waals surface area contributed by atoms with Crippen molar-refractivity contribution in [3.8, 4) is 0 Å². The Bertz CT molecular complexity index is 166. The maximum absolute atomic E-state index is 8.92. The second-order valence-corrected chi connectivity index (χ2v) is 5.03. The van der Waals surface area contributed by atoms with Gasteiger partial charge >= 0.3 is 0 Å². The fraction of sp³-hybridized carbons (Fsp3) is 1.00. The molecular weight excluding hydrogens is 208 g/mol. The summed E-state index contributed by atoms with van der Waals surface area (Å²) in [5, 5.41) is 35.0. The zero-order valence-electron chi connectivity index (χ0n) is 9.76. The van der Waals surface area contributed by atoms with E-state index in [4.69, 9.17) is 20.4 Å². The van der Waals surface area contributed by atoms with Crippen molar-refractivity contribution in [3.05, 3.63) is 0 Å². The van der Waals surface area contributed by atoms with Crippen LogP contribution in [0.2, 0.25) is 0 Å². The third kappa shape index (κ3) is 4.78. The topological polar surface area (TPSA) is 80.9 Å². The molecule has 16 heavy (non-hydrogen) atoms. The molecule has 0 unspecified atom stereocenters. The number of hydrogen-bond acceptors (Lipinski definition) is 4. The van der Waals surface area contributed by atoms with Crippen molar-refractivity contribution in [1.29, 1.82) is 0 Å². The molecule has 0 saturated heterocycles. The average Bonchev–Trinajstić information content (AvgIpc) is 2.88. The summed E-state index contributed by atoms with van der Waals surface area (Å²) in [7, 11) is 0. The second kappa shape index (κ2) is 7.22. The van der Waals surface area contributed by atoms with Crippen molar-refractivity contribution in [2.24, 2.45) is 11.8 Å². The van der Waals surface area contributed by atoms with Crippen LogP contribution in [0.1, 0.15) is 38.5 Å². The monoisotopic (exact) mass is 232 g/mol. The highest BCUT2D eigenvalue weighted by molar-refractivity contribution is 4.73. The van der Waals surface area contributed by atoms with Gasteiger partial charge in [-0.3, -0.25) is 0 Å². The normalized spacial score (nSPS) is 38.2. The van der Waals surface area contributed by atoms with Crippen LogP contribution in [0.15, 0.2) is 0 Å². The second-order valence-electron chi connectivity index (χ2n) is 5.03. The lowest BCUT2D eigenvalue weighted by molar-refractivity contribution is 0.163. The minimum atomic E-state index is -0.132. The molecule has 0 amide bonds. The molecule has 0 aromatic rings. The van der Waals surface area contributed by atoms with E-state index in [9.17, 15) is 0 Å². The molecule has 2 aliphatic rings. The lowest BCUT2D eigenvalue weighted by Crippen LogP contribution is -2.03. The van der Waals surface area contributed by atoms with E-state index in [1.807, 2.05) is 0 Å². The van der Waals surface area contributed by atoms with Gasteiger partial charge < -0.3 is 20.4 Å². The maximum Gasteiger partial charge on any atom is 0.0543 e. The zero-order chi connectivity index (χ0) is 12.0. The Morgan fingerprint density at radius 3 is 1.19 bits per heavy atom. The van der Waals surface area contributed by atoms with Gasteiger partial charge in [0.15, 0.2) is 0 Å². The lowest BCUT2D eigenvalue weighted by atomic mass is 10.1. The number of hydrogen-bond donors (Lipinski definition) is 4. The SMILES string of the molecule is OC[C@@H]1CC[C@H](O)C1.OC[C@H]1CC[C@@H](O)C1. The molecule has 4 N–H and O–H groups in total. The molecule has 96 valence electrons. The molecule has 0 aromatic carbocycles. The van der Waals surface area contributed by atoms with Crippen molar-refractivity contribution in [3.63, 3.8) is 0 Å². The predicted octanol–water partition coefficient (Wildman–Crippen LogP) is 0.279. The Morgan fingerprint density at radius 2 is 1.06 bits per heavy atom. The highest BCUT2D eigenvalue weighted by Crippen LogP contribution is 2.24. The Balaban J connectivity index is 0.000000160. The van der Waals surface area contributed by atoms with Gasteiger partial charge in [0.1, 0.15) is 0 Å². The highest BCUT2D eigenvalue weighted by Gasteiger charge is 2.21. The van der Waals surface area contributed by atoms with E-state index in [-0.39, 0.29) is 25.4 Å². The summed E-state index contributed by atoms with van der Waals surface area (Å²) in [4.78, 5) is 0.